The number of aryl methyl sites for hydroxylation is 1. The first kappa shape index (κ1) is 20.4. The summed E-state index contributed by atoms with van der Waals surface area (Å²) in [6, 6.07) is 15.7. The van der Waals surface area contributed by atoms with Gasteiger partial charge in [0, 0.05) is 30.5 Å². The van der Waals surface area contributed by atoms with Crippen LogP contribution in [-0.4, -0.2) is 38.3 Å². The summed E-state index contributed by atoms with van der Waals surface area (Å²) in [5.74, 6) is 1.38. The van der Waals surface area contributed by atoms with Crippen molar-refractivity contribution in [3.05, 3.63) is 77.9 Å². The van der Waals surface area contributed by atoms with Crippen LogP contribution in [0.3, 0.4) is 0 Å². The third-order valence-corrected chi connectivity index (χ3v) is 6.31. The fourth-order valence-electron chi connectivity index (χ4n) is 4.59. The molecule has 0 N–H and O–H groups in total. The fraction of sp³-hybridized carbons (Fsp3) is 0.308. The Hall–Kier alpha value is -3.54. The largest absolute Gasteiger partial charge is 0.440 e. The molecule has 0 saturated carbocycles. The molecule has 2 atom stereocenters. The number of fused-ring (bicyclic) bond motifs is 1. The highest BCUT2D eigenvalue weighted by molar-refractivity contribution is 6.00. The molecule has 162 valence electrons. The lowest BCUT2D eigenvalue weighted by molar-refractivity contribution is 0.0567. The zero-order chi connectivity index (χ0) is 22.1. The molecule has 2 unspecified atom stereocenters. The molecule has 1 fully saturated rings. The molecule has 1 aliphatic rings. The first-order valence-corrected chi connectivity index (χ1v) is 11.2. The molecule has 1 amide bonds. The van der Waals surface area contributed by atoms with Gasteiger partial charge in [-0.25, -0.2) is 15.0 Å². The molecule has 3 heterocycles. The lowest BCUT2D eigenvalue weighted by Gasteiger charge is -2.38. The molecule has 1 saturated heterocycles. The monoisotopic (exact) mass is 426 g/mol. The van der Waals surface area contributed by atoms with Crippen LogP contribution in [0.4, 0.5) is 0 Å². The molecule has 2 aromatic heterocycles. The average molecular weight is 427 g/mol. The van der Waals surface area contributed by atoms with E-state index in [0.29, 0.717) is 17.9 Å². The van der Waals surface area contributed by atoms with Crippen molar-refractivity contribution in [3.63, 3.8) is 0 Å². The number of piperidine rings is 1. The molecule has 32 heavy (non-hydrogen) atoms. The van der Waals surface area contributed by atoms with Crippen LogP contribution in [0, 0.1) is 6.92 Å². The molecular formula is C26H26N4O2. The minimum atomic E-state index is 0.0174. The van der Waals surface area contributed by atoms with Gasteiger partial charge < -0.3 is 9.32 Å². The van der Waals surface area contributed by atoms with Gasteiger partial charge in [-0.1, -0.05) is 36.8 Å². The number of para-hydroxylation sites is 2. The highest BCUT2D eigenvalue weighted by atomic mass is 16.3. The normalized spacial score (nSPS) is 18.8. The molecule has 0 radical (unpaired) electrons. The quantitative estimate of drug-likeness (QED) is 0.437. The van der Waals surface area contributed by atoms with E-state index in [0.717, 1.165) is 47.4 Å². The standard InChI is InChI=1S/C26H26N4O2/c1-3-19-11-10-18(25-29-22-7-4-5-8-23(22)32-25)16-30(19)26(31)21-15-17(2)9-12-20(21)24-27-13-6-14-28-24/h4-9,12-15,18-19H,3,10-11,16H2,1-2H3. The third kappa shape index (κ3) is 3.77. The molecule has 6 nitrogen and oxygen atoms in total. The van der Waals surface area contributed by atoms with Crippen molar-refractivity contribution in [2.24, 2.45) is 0 Å². The van der Waals surface area contributed by atoms with Crippen molar-refractivity contribution < 1.29 is 9.21 Å². The average Bonchev–Trinajstić information content (AvgIpc) is 3.28. The first-order valence-electron chi connectivity index (χ1n) is 11.2. The smallest absolute Gasteiger partial charge is 0.254 e. The number of carbonyl (C=O) groups is 1. The predicted molar refractivity (Wildman–Crippen MR) is 123 cm³/mol. The molecule has 2 aromatic carbocycles. The van der Waals surface area contributed by atoms with Crippen LogP contribution in [0.1, 0.15) is 53.9 Å². The Labute approximate surface area is 187 Å². The van der Waals surface area contributed by atoms with Gasteiger partial charge in [-0.05, 0) is 50.5 Å². The van der Waals surface area contributed by atoms with Crippen molar-refractivity contribution in [1.29, 1.82) is 0 Å². The first-order chi connectivity index (χ1) is 15.6. The van der Waals surface area contributed by atoms with Gasteiger partial charge in [0.05, 0.1) is 11.5 Å². The second-order valence-electron chi connectivity index (χ2n) is 8.44. The summed E-state index contributed by atoms with van der Waals surface area (Å²) in [4.78, 5) is 29.4. The summed E-state index contributed by atoms with van der Waals surface area (Å²) in [5.41, 5.74) is 4.10. The summed E-state index contributed by atoms with van der Waals surface area (Å²) in [6.45, 7) is 4.73. The van der Waals surface area contributed by atoms with Gasteiger partial charge in [0.25, 0.3) is 5.91 Å². The van der Waals surface area contributed by atoms with Crippen LogP contribution < -0.4 is 0 Å². The molecule has 0 bridgehead atoms. The van der Waals surface area contributed by atoms with E-state index in [1.54, 1.807) is 18.5 Å². The zero-order valence-corrected chi connectivity index (χ0v) is 18.4. The van der Waals surface area contributed by atoms with Crippen molar-refractivity contribution in [3.8, 4) is 11.4 Å². The minimum Gasteiger partial charge on any atom is -0.440 e. The highest BCUT2D eigenvalue weighted by Gasteiger charge is 2.35. The van der Waals surface area contributed by atoms with Gasteiger partial charge in [0.1, 0.15) is 5.52 Å². The summed E-state index contributed by atoms with van der Waals surface area (Å²) >= 11 is 0. The fourth-order valence-corrected chi connectivity index (χ4v) is 4.59. The maximum absolute atomic E-state index is 13.9. The summed E-state index contributed by atoms with van der Waals surface area (Å²) in [6.07, 6.45) is 6.20. The number of amides is 1. The van der Waals surface area contributed by atoms with Crippen LogP contribution in [0.5, 0.6) is 0 Å². The Balaban J connectivity index is 1.49. The SMILES string of the molecule is CCC1CCC(c2nc3ccccc3o2)CN1C(=O)c1cc(C)ccc1-c1ncccn1. The lowest BCUT2D eigenvalue weighted by Crippen LogP contribution is -2.46. The van der Waals surface area contributed by atoms with E-state index in [-0.39, 0.29) is 17.9 Å². The van der Waals surface area contributed by atoms with E-state index in [1.807, 2.05) is 54.3 Å². The number of benzene rings is 2. The van der Waals surface area contributed by atoms with Gasteiger partial charge in [0.15, 0.2) is 17.3 Å². The molecule has 0 aliphatic carbocycles. The molecular weight excluding hydrogens is 400 g/mol. The Kier molecular flexibility index (Phi) is 5.43. The number of hydrogen-bond donors (Lipinski definition) is 0. The lowest BCUT2D eigenvalue weighted by atomic mass is 9.90. The number of nitrogens with zero attached hydrogens (tertiary/aromatic N) is 4. The van der Waals surface area contributed by atoms with Crippen molar-refractivity contribution in [1.82, 2.24) is 19.9 Å². The summed E-state index contributed by atoms with van der Waals surface area (Å²) < 4.78 is 6.05. The van der Waals surface area contributed by atoms with Crippen LogP contribution in [0.2, 0.25) is 0 Å². The topological polar surface area (TPSA) is 72.1 Å². The number of likely N-dealkylation sites (tertiary alicyclic amines) is 1. The van der Waals surface area contributed by atoms with E-state index in [2.05, 4.69) is 16.9 Å². The number of hydrogen-bond acceptors (Lipinski definition) is 5. The minimum absolute atomic E-state index is 0.0174. The van der Waals surface area contributed by atoms with Crippen molar-refractivity contribution in [2.75, 3.05) is 6.54 Å². The zero-order valence-electron chi connectivity index (χ0n) is 18.4. The Morgan fingerprint density at radius 3 is 2.69 bits per heavy atom. The Morgan fingerprint density at radius 2 is 1.91 bits per heavy atom. The van der Waals surface area contributed by atoms with Crippen molar-refractivity contribution >= 4 is 17.0 Å². The van der Waals surface area contributed by atoms with Gasteiger partial charge in [0.2, 0.25) is 0 Å². The number of rotatable bonds is 4. The van der Waals surface area contributed by atoms with Gasteiger partial charge in [-0.2, -0.15) is 0 Å². The van der Waals surface area contributed by atoms with Gasteiger partial charge in [-0.3, -0.25) is 4.79 Å². The van der Waals surface area contributed by atoms with E-state index < -0.39 is 0 Å². The van der Waals surface area contributed by atoms with Gasteiger partial charge >= 0.3 is 0 Å². The number of carbonyl (C=O) groups excluding carboxylic acids is 1. The van der Waals surface area contributed by atoms with E-state index in [1.165, 1.54) is 0 Å². The van der Waals surface area contributed by atoms with Crippen LogP contribution in [0.25, 0.3) is 22.5 Å². The van der Waals surface area contributed by atoms with E-state index in [9.17, 15) is 4.79 Å². The number of oxazole rings is 1. The molecule has 5 rings (SSSR count). The van der Waals surface area contributed by atoms with E-state index in [4.69, 9.17) is 9.40 Å². The molecule has 0 spiro atoms. The Morgan fingerprint density at radius 1 is 1.09 bits per heavy atom. The highest BCUT2D eigenvalue weighted by Crippen LogP contribution is 2.34. The maximum Gasteiger partial charge on any atom is 0.254 e. The molecule has 4 aromatic rings. The summed E-state index contributed by atoms with van der Waals surface area (Å²) in [5, 5.41) is 0. The molecule has 1 aliphatic heterocycles. The second kappa shape index (κ2) is 8.54. The summed E-state index contributed by atoms with van der Waals surface area (Å²) in [7, 11) is 0. The Bertz CT molecular complexity index is 1220. The van der Waals surface area contributed by atoms with Gasteiger partial charge in [-0.15, -0.1) is 0 Å². The predicted octanol–water partition coefficient (Wildman–Crippen LogP) is 5.39. The van der Waals surface area contributed by atoms with Crippen LogP contribution >= 0.6 is 0 Å². The number of aromatic nitrogens is 3. The van der Waals surface area contributed by atoms with E-state index >= 15 is 0 Å². The third-order valence-electron chi connectivity index (χ3n) is 6.31. The molecule has 6 heteroatoms. The van der Waals surface area contributed by atoms with Crippen molar-refractivity contribution in [2.45, 2.75) is 45.1 Å². The van der Waals surface area contributed by atoms with Crippen LogP contribution in [-0.2, 0) is 0 Å². The van der Waals surface area contributed by atoms with Crippen LogP contribution in [0.15, 0.2) is 65.3 Å². The maximum atomic E-state index is 13.9. The second-order valence-corrected chi connectivity index (χ2v) is 8.44.